The summed E-state index contributed by atoms with van der Waals surface area (Å²) < 4.78 is 18.0. The first-order chi connectivity index (χ1) is 10.5. The van der Waals surface area contributed by atoms with Gasteiger partial charge in [0.25, 0.3) is 0 Å². The number of amides is 1. The molecule has 7 heteroatoms. The number of hydrogen-bond donors (Lipinski definition) is 2. The number of H-pyrrole nitrogens is 1. The maximum Gasteiger partial charge on any atom is 0.356 e. The van der Waals surface area contributed by atoms with Crippen molar-refractivity contribution in [3.05, 3.63) is 47.4 Å². The lowest BCUT2D eigenvalue weighted by Crippen LogP contribution is -2.19. The van der Waals surface area contributed by atoms with E-state index >= 15 is 0 Å². The highest BCUT2D eigenvalue weighted by Gasteiger charge is 2.18. The fourth-order valence-corrected chi connectivity index (χ4v) is 1.86. The zero-order chi connectivity index (χ0) is 16.1. The summed E-state index contributed by atoms with van der Waals surface area (Å²) in [6, 6.07) is 7.21. The van der Waals surface area contributed by atoms with Gasteiger partial charge in [0.05, 0.1) is 12.5 Å². The Morgan fingerprint density at radius 1 is 1.41 bits per heavy atom. The minimum atomic E-state index is -0.557. The first-order valence-corrected chi connectivity index (χ1v) is 6.80. The summed E-state index contributed by atoms with van der Waals surface area (Å²) in [5.41, 5.74) is 0.703. The van der Waals surface area contributed by atoms with Crippen molar-refractivity contribution >= 4 is 17.7 Å². The first-order valence-electron chi connectivity index (χ1n) is 6.80. The molecule has 0 aliphatic heterocycles. The molecule has 1 aromatic carbocycles. The lowest BCUT2D eigenvalue weighted by atomic mass is 10.0. The van der Waals surface area contributed by atoms with E-state index in [1.54, 1.807) is 26.0 Å². The second-order valence-corrected chi connectivity index (χ2v) is 4.65. The molecule has 1 aromatic heterocycles. The van der Waals surface area contributed by atoms with Gasteiger partial charge in [-0.25, -0.2) is 9.18 Å². The van der Waals surface area contributed by atoms with Crippen LogP contribution in [0.1, 0.15) is 35.8 Å². The molecule has 6 nitrogen and oxygen atoms in total. The van der Waals surface area contributed by atoms with E-state index in [9.17, 15) is 14.0 Å². The third-order valence-electron chi connectivity index (χ3n) is 3.07. The number of hydrogen-bond acceptors (Lipinski definition) is 4. The number of rotatable bonds is 5. The summed E-state index contributed by atoms with van der Waals surface area (Å²) in [4.78, 5) is 23.6. The Hall–Kier alpha value is -2.70. The molecule has 0 aliphatic carbocycles. The van der Waals surface area contributed by atoms with Crippen molar-refractivity contribution in [3.63, 3.8) is 0 Å². The zero-order valence-corrected chi connectivity index (χ0v) is 12.2. The van der Waals surface area contributed by atoms with Gasteiger partial charge in [0, 0.05) is 6.07 Å². The van der Waals surface area contributed by atoms with E-state index < -0.39 is 17.7 Å². The van der Waals surface area contributed by atoms with E-state index in [0.717, 1.165) is 0 Å². The molecule has 2 N–H and O–H groups in total. The molecule has 0 saturated carbocycles. The van der Waals surface area contributed by atoms with Gasteiger partial charge in [0.15, 0.2) is 5.82 Å². The van der Waals surface area contributed by atoms with Crippen LogP contribution in [0.5, 0.6) is 0 Å². The SMILES string of the molecule is CCOC(=O)c1cc(NC(=O)C(C)c2cccc(F)c2)n[nH]1. The average molecular weight is 305 g/mol. The highest BCUT2D eigenvalue weighted by Crippen LogP contribution is 2.18. The van der Waals surface area contributed by atoms with Gasteiger partial charge in [0.1, 0.15) is 11.5 Å². The van der Waals surface area contributed by atoms with Gasteiger partial charge in [-0.1, -0.05) is 12.1 Å². The largest absolute Gasteiger partial charge is 0.461 e. The van der Waals surface area contributed by atoms with Crippen molar-refractivity contribution < 1.29 is 18.7 Å². The molecule has 0 bridgehead atoms. The molecule has 1 unspecified atom stereocenters. The third-order valence-corrected chi connectivity index (χ3v) is 3.07. The number of halogens is 1. The number of carbonyl (C=O) groups excluding carboxylic acids is 2. The van der Waals surface area contributed by atoms with Gasteiger partial charge < -0.3 is 10.1 Å². The third kappa shape index (κ3) is 3.69. The number of nitrogens with one attached hydrogen (secondary N) is 2. The van der Waals surface area contributed by atoms with Gasteiger partial charge in [0.2, 0.25) is 5.91 Å². The Morgan fingerprint density at radius 2 is 2.18 bits per heavy atom. The molecular formula is C15H16FN3O3. The van der Waals surface area contributed by atoms with Crippen LogP contribution in [0.3, 0.4) is 0 Å². The van der Waals surface area contributed by atoms with Crippen LogP contribution in [0.15, 0.2) is 30.3 Å². The molecule has 116 valence electrons. The van der Waals surface area contributed by atoms with Crippen LogP contribution in [0, 0.1) is 5.82 Å². The van der Waals surface area contributed by atoms with E-state index in [1.807, 2.05) is 0 Å². The van der Waals surface area contributed by atoms with E-state index in [-0.39, 0.29) is 24.0 Å². The predicted molar refractivity (Wildman–Crippen MR) is 78.0 cm³/mol. The zero-order valence-electron chi connectivity index (χ0n) is 12.2. The number of esters is 1. The number of aromatic amines is 1. The van der Waals surface area contributed by atoms with E-state index in [1.165, 1.54) is 18.2 Å². The molecule has 2 rings (SSSR count). The summed E-state index contributed by atoms with van der Waals surface area (Å²) in [6.07, 6.45) is 0. The molecule has 2 aromatic rings. The van der Waals surface area contributed by atoms with Crippen molar-refractivity contribution in [2.45, 2.75) is 19.8 Å². The van der Waals surface area contributed by atoms with Crippen LogP contribution in [0.25, 0.3) is 0 Å². The maximum absolute atomic E-state index is 13.2. The minimum absolute atomic E-state index is 0.149. The van der Waals surface area contributed by atoms with Crippen molar-refractivity contribution in [1.82, 2.24) is 10.2 Å². The van der Waals surface area contributed by atoms with E-state index in [0.29, 0.717) is 5.56 Å². The topological polar surface area (TPSA) is 84.1 Å². The lowest BCUT2D eigenvalue weighted by molar-refractivity contribution is -0.117. The molecule has 22 heavy (non-hydrogen) atoms. The quantitative estimate of drug-likeness (QED) is 0.831. The van der Waals surface area contributed by atoms with Crippen molar-refractivity contribution in [2.75, 3.05) is 11.9 Å². The smallest absolute Gasteiger partial charge is 0.356 e. The second kappa shape index (κ2) is 6.84. The standard InChI is InChI=1S/C15H16FN3O3/c1-3-22-15(21)12-8-13(19-18-12)17-14(20)9(2)10-5-4-6-11(16)7-10/h4-9H,3H2,1-2H3,(H2,17,18,19,20). The number of nitrogens with zero attached hydrogens (tertiary/aromatic N) is 1. The van der Waals surface area contributed by atoms with Gasteiger partial charge in [-0.05, 0) is 31.5 Å². The monoisotopic (exact) mass is 305 g/mol. The van der Waals surface area contributed by atoms with Crippen LogP contribution in [0.2, 0.25) is 0 Å². The van der Waals surface area contributed by atoms with Gasteiger partial charge in [-0.3, -0.25) is 9.89 Å². The molecule has 0 aliphatic rings. The maximum atomic E-state index is 13.2. The first kappa shape index (κ1) is 15.7. The van der Waals surface area contributed by atoms with E-state index in [2.05, 4.69) is 15.5 Å². The number of benzene rings is 1. The average Bonchev–Trinajstić information content (AvgIpc) is 2.95. The Balaban J connectivity index is 2.04. The Bertz CT molecular complexity index is 684. The number of aromatic nitrogens is 2. The van der Waals surface area contributed by atoms with Gasteiger partial charge in [-0.15, -0.1) is 0 Å². The second-order valence-electron chi connectivity index (χ2n) is 4.65. The van der Waals surface area contributed by atoms with Crippen molar-refractivity contribution in [3.8, 4) is 0 Å². The normalized spacial score (nSPS) is 11.8. The minimum Gasteiger partial charge on any atom is -0.461 e. The van der Waals surface area contributed by atoms with Crippen molar-refractivity contribution in [1.29, 1.82) is 0 Å². The molecule has 0 fully saturated rings. The Morgan fingerprint density at radius 3 is 2.86 bits per heavy atom. The highest BCUT2D eigenvalue weighted by molar-refractivity contribution is 5.96. The summed E-state index contributed by atoms with van der Waals surface area (Å²) in [6.45, 7) is 3.59. The molecule has 0 spiro atoms. The van der Waals surface area contributed by atoms with Crippen LogP contribution in [-0.2, 0) is 9.53 Å². The number of ether oxygens (including phenoxy) is 1. The molecule has 1 heterocycles. The highest BCUT2D eigenvalue weighted by atomic mass is 19.1. The molecular weight excluding hydrogens is 289 g/mol. The van der Waals surface area contributed by atoms with Gasteiger partial charge >= 0.3 is 5.97 Å². The summed E-state index contributed by atoms with van der Waals surface area (Å²) in [7, 11) is 0. The molecule has 0 radical (unpaired) electrons. The Kier molecular flexibility index (Phi) is 4.88. The summed E-state index contributed by atoms with van der Waals surface area (Å²) >= 11 is 0. The molecule has 1 amide bonds. The van der Waals surface area contributed by atoms with Crippen molar-refractivity contribution in [2.24, 2.45) is 0 Å². The number of anilines is 1. The summed E-state index contributed by atoms with van der Waals surface area (Å²) in [5.74, 6) is -1.66. The van der Waals surface area contributed by atoms with E-state index in [4.69, 9.17) is 4.74 Å². The fourth-order valence-electron chi connectivity index (χ4n) is 1.86. The summed E-state index contributed by atoms with van der Waals surface area (Å²) in [5, 5.41) is 8.87. The fraction of sp³-hybridized carbons (Fsp3) is 0.267. The van der Waals surface area contributed by atoms with Crippen LogP contribution >= 0.6 is 0 Å². The van der Waals surface area contributed by atoms with Crippen LogP contribution in [-0.4, -0.2) is 28.7 Å². The Labute approximate surface area is 126 Å². The lowest BCUT2D eigenvalue weighted by Gasteiger charge is -2.11. The predicted octanol–water partition coefficient (Wildman–Crippen LogP) is 2.47. The van der Waals surface area contributed by atoms with Crippen LogP contribution in [0.4, 0.5) is 10.2 Å². The number of carbonyl (C=O) groups is 2. The molecule has 0 saturated heterocycles. The molecule has 1 atom stereocenters. The van der Waals surface area contributed by atoms with Gasteiger partial charge in [-0.2, -0.15) is 5.10 Å². The van der Waals surface area contributed by atoms with Crippen LogP contribution < -0.4 is 5.32 Å².